The number of carbonyl (C=O) groups excluding carboxylic acids is 1. The van der Waals surface area contributed by atoms with Crippen LogP contribution >= 0.6 is 22.9 Å². The molecule has 210 valence electrons. The standard InChI is InChI=1S/C33H31ClN2O4S/c1-5-39-32(38)29-21(4)35-33-36(30(29)25-13-11-24(12-14-25)20(2)3)31(37)28(41-33)18-23-7-6-8-27(17-23)40-19-22-9-15-26(34)16-10-22/h6-18,20,30H,5,19H2,1-4H3/b28-18-/t30-/m1/s1. The van der Waals surface area contributed by atoms with Crippen LogP contribution in [0.2, 0.25) is 5.02 Å². The molecule has 1 aliphatic rings. The molecule has 5 rings (SSSR count). The van der Waals surface area contributed by atoms with Gasteiger partial charge < -0.3 is 9.47 Å². The average Bonchev–Trinajstić information content (AvgIpc) is 3.26. The number of nitrogens with zero attached hydrogens (tertiary/aromatic N) is 2. The van der Waals surface area contributed by atoms with Gasteiger partial charge in [-0.3, -0.25) is 9.36 Å². The third-order valence-corrected chi connectivity index (χ3v) is 8.15. The van der Waals surface area contributed by atoms with E-state index in [2.05, 4.69) is 18.8 Å². The van der Waals surface area contributed by atoms with Gasteiger partial charge in [0.25, 0.3) is 5.56 Å². The zero-order chi connectivity index (χ0) is 29.1. The number of aromatic nitrogens is 1. The Labute approximate surface area is 247 Å². The van der Waals surface area contributed by atoms with Crippen molar-refractivity contribution in [2.24, 2.45) is 4.99 Å². The molecule has 1 aromatic heterocycles. The molecule has 0 spiro atoms. The maximum atomic E-state index is 13.9. The summed E-state index contributed by atoms with van der Waals surface area (Å²) >= 11 is 7.28. The summed E-state index contributed by atoms with van der Waals surface area (Å²) < 4.78 is 13.5. The molecule has 1 atom stereocenters. The Hall–Kier alpha value is -3.94. The Balaban J connectivity index is 1.54. The van der Waals surface area contributed by atoms with Crippen molar-refractivity contribution in [3.05, 3.63) is 131 Å². The first-order chi connectivity index (χ1) is 19.7. The van der Waals surface area contributed by atoms with Crippen LogP contribution in [0.5, 0.6) is 5.75 Å². The Morgan fingerprint density at radius 3 is 2.51 bits per heavy atom. The summed E-state index contributed by atoms with van der Waals surface area (Å²) in [7, 11) is 0. The van der Waals surface area contributed by atoms with Gasteiger partial charge in [-0.25, -0.2) is 9.79 Å². The highest BCUT2D eigenvalue weighted by atomic mass is 35.5. The van der Waals surface area contributed by atoms with E-state index in [0.29, 0.717) is 43.9 Å². The first-order valence-corrected chi connectivity index (χ1v) is 14.7. The molecule has 0 N–H and O–H groups in total. The highest BCUT2D eigenvalue weighted by Crippen LogP contribution is 2.31. The van der Waals surface area contributed by atoms with E-state index < -0.39 is 12.0 Å². The second-order valence-electron chi connectivity index (χ2n) is 10.1. The van der Waals surface area contributed by atoms with E-state index in [-0.39, 0.29) is 12.2 Å². The van der Waals surface area contributed by atoms with Crippen LogP contribution in [0, 0.1) is 0 Å². The normalized spacial score (nSPS) is 15.1. The fourth-order valence-corrected chi connectivity index (χ4v) is 5.94. The van der Waals surface area contributed by atoms with Gasteiger partial charge in [0.2, 0.25) is 0 Å². The molecular formula is C33H31ClN2O4S. The molecule has 41 heavy (non-hydrogen) atoms. The number of esters is 1. The van der Waals surface area contributed by atoms with Gasteiger partial charge >= 0.3 is 5.97 Å². The lowest BCUT2D eigenvalue weighted by Crippen LogP contribution is -2.39. The van der Waals surface area contributed by atoms with Crippen molar-refractivity contribution in [1.82, 2.24) is 4.57 Å². The molecule has 0 unspecified atom stereocenters. The number of rotatable bonds is 8. The Morgan fingerprint density at radius 1 is 1.10 bits per heavy atom. The van der Waals surface area contributed by atoms with Crippen molar-refractivity contribution in [1.29, 1.82) is 0 Å². The molecule has 0 fully saturated rings. The smallest absolute Gasteiger partial charge is 0.338 e. The second-order valence-corrected chi connectivity index (χ2v) is 11.6. The highest BCUT2D eigenvalue weighted by Gasteiger charge is 2.33. The van der Waals surface area contributed by atoms with Gasteiger partial charge in [-0.05, 0) is 72.4 Å². The fraction of sp³-hybridized carbons (Fsp3) is 0.242. The largest absolute Gasteiger partial charge is 0.489 e. The second kappa shape index (κ2) is 12.3. The first kappa shape index (κ1) is 28.6. The number of carbonyl (C=O) groups is 1. The number of ether oxygens (including phenoxy) is 2. The number of allylic oxidation sites excluding steroid dienone is 1. The molecule has 0 saturated heterocycles. The van der Waals surface area contributed by atoms with E-state index in [4.69, 9.17) is 21.1 Å². The molecule has 1 aliphatic heterocycles. The van der Waals surface area contributed by atoms with E-state index in [9.17, 15) is 9.59 Å². The maximum Gasteiger partial charge on any atom is 0.338 e. The van der Waals surface area contributed by atoms with Crippen molar-refractivity contribution in [3.8, 4) is 5.75 Å². The zero-order valence-electron chi connectivity index (χ0n) is 23.4. The molecule has 8 heteroatoms. The fourth-order valence-electron chi connectivity index (χ4n) is 4.76. The Bertz CT molecular complexity index is 1780. The van der Waals surface area contributed by atoms with Gasteiger partial charge in [0.05, 0.1) is 28.5 Å². The summed E-state index contributed by atoms with van der Waals surface area (Å²) in [5, 5.41) is 0.677. The molecular weight excluding hydrogens is 556 g/mol. The lowest BCUT2D eigenvalue weighted by molar-refractivity contribution is -0.139. The summed E-state index contributed by atoms with van der Waals surface area (Å²) in [6, 6.07) is 22.5. The van der Waals surface area contributed by atoms with E-state index in [1.807, 2.05) is 78.9 Å². The van der Waals surface area contributed by atoms with Gasteiger partial charge in [0.15, 0.2) is 4.80 Å². The van der Waals surface area contributed by atoms with Crippen molar-refractivity contribution < 1.29 is 14.3 Å². The average molecular weight is 587 g/mol. The molecule has 0 saturated carbocycles. The first-order valence-electron chi connectivity index (χ1n) is 13.5. The monoisotopic (exact) mass is 586 g/mol. The van der Waals surface area contributed by atoms with E-state index in [1.165, 1.54) is 16.9 Å². The zero-order valence-corrected chi connectivity index (χ0v) is 25.0. The van der Waals surface area contributed by atoms with Crippen LogP contribution in [0.25, 0.3) is 6.08 Å². The predicted molar refractivity (Wildman–Crippen MR) is 163 cm³/mol. The van der Waals surface area contributed by atoms with Gasteiger partial charge in [-0.1, -0.05) is 85.3 Å². The number of hydrogen-bond donors (Lipinski definition) is 0. The number of thiazole rings is 1. The van der Waals surface area contributed by atoms with Gasteiger partial charge in [0, 0.05) is 5.02 Å². The number of benzene rings is 3. The van der Waals surface area contributed by atoms with Gasteiger partial charge in [-0.2, -0.15) is 0 Å². The van der Waals surface area contributed by atoms with Crippen LogP contribution in [-0.2, 0) is 16.1 Å². The molecule has 3 aromatic carbocycles. The van der Waals surface area contributed by atoms with Crippen LogP contribution in [0.15, 0.2) is 93.9 Å². The summed E-state index contributed by atoms with van der Waals surface area (Å²) in [6.07, 6.45) is 1.83. The van der Waals surface area contributed by atoms with Crippen molar-refractivity contribution in [3.63, 3.8) is 0 Å². The highest BCUT2D eigenvalue weighted by molar-refractivity contribution is 7.07. The van der Waals surface area contributed by atoms with E-state index in [0.717, 1.165) is 16.7 Å². The van der Waals surface area contributed by atoms with Crippen LogP contribution in [0.4, 0.5) is 0 Å². The molecule has 2 heterocycles. The quantitative estimate of drug-likeness (QED) is 0.232. The Morgan fingerprint density at radius 2 is 1.83 bits per heavy atom. The SMILES string of the molecule is CCOC(=O)C1=C(C)N=c2s/c(=C\c3cccc(OCc4ccc(Cl)cc4)c3)c(=O)n2[C@@H]1c1ccc(C(C)C)cc1. The van der Waals surface area contributed by atoms with Gasteiger partial charge in [-0.15, -0.1) is 0 Å². The minimum Gasteiger partial charge on any atom is -0.489 e. The van der Waals surface area contributed by atoms with Crippen LogP contribution in [-0.4, -0.2) is 17.1 Å². The minimum atomic E-state index is -0.636. The van der Waals surface area contributed by atoms with Crippen LogP contribution < -0.4 is 19.6 Å². The molecule has 0 aliphatic carbocycles. The summed E-state index contributed by atoms with van der Waals surface area (Å²) in [5.74, 6) is 0.579. The lowest BCUT2D eigenvalue weighted by Gasteiger charge is -2.25. The van der Waals surface area contributed by atoms with Gasteiger partial charge in [0.1, 0.15) is 12.4 Å². The minimum absolute atomic E-state index is 0.214. The molecule has 0 bridgehead atoms. The van der Waals surface area contributed by atoms with E-state index in [1.54, 1.807) is 18.4 Å². The van der Waals surface area contributed by atoms with Crippen molar-refractivity contribution >= 4 is 35.0 Å². The van der Waals surface area contributed by atoms with Crippen LogP contribution in [0.3, 0.4) is 0 Å². The topological polar surface area (TPSA) is 69.9 Å². The van der Waals surface area contributed by atoms with Crippen molar-refractivity contribution in [2.75, 3.05) is 6.61 Å². The van der Waals surface area contributed by atoms with E-state index >= 15 is 0 Å². The third-order valence-electron chi connectivity index (χ3n) is 6.91. The maximum absolute atomic E-state index is 13.9. The summed E-state index contributed by atoms with van der Waals surface area (Å²) in [5.41, 5.74) is 4.54. The third kappa shape index (κ3) is 6.21. The molecule has 0 radical (unpaired) electrons. The summed E-state index contributed by atoms with van der Waals surface area (Å²) in [6.45, 7) is 8.45. The summed E-state index contributed by atoms with van der Waals surface area (Å²) in [4.78, 5) is 32.2. The molecule has 4 aromatic rings. The lowest BCUT2D eigenvalue weighted by atomic mass is 9.93. The molecule has 0 amide bonds. The van der Waals surface area contributed by atoms with Crippen LogP contribution in [0.1, 0.15) is 61.9 Å². The number of hydrogen-bond acceptors (Lipinski definition) is 6. The predicted octanol–water partition coefficient (Wildman–Crippen LogP) is 6.15. The number of halogens is 1. The molecule has 6 nitrogen and oxygen atoms in total. The number of fused-ring (bicyclic) bond motifs is 1. The van der Waals surface area contributed by atoms with Crippen molar-refractivity contribution in [2.45, 2.75) is 46.3 Å². The Kier molecular flexibility index (Phi) is 8.57.